The fourth-order valence-electron chi connectivity index (χ4n) is 1.61. The van der Waals surface area contributed by atoms with Crippen LogP contribution in [0.1, 0.15) is 31.1 Å². The second-order valence-corrected chi connectivity index (χ2v) is 4.58. The molecule has 0 aromatic heterocycles. The van der Waals surface area contributed by atoms with Gasteiger partial charge in [0.25, 0.3) is 5.91 Å². The van der Waals surface area contributed by atoms with E-state index in [1.54, 1.807) is 51.1 Å². The highest BCUT2D eigenvalue weighted by atomic mass is 16.5. The van der Waals surface area contributed by atoms with Gasteiger partial charge in [0, 0.05) is 11.5 Å². The van der Waals surface area contributed by atoms with E-state index in [1.165, 1.54) is 0 Å². The van der Waals surface area contributed by atoms with Crippen LogP contribution in [0.4, 0.5) is 0 Å². The lowest BCUT2D eigenvalue weighted by atomic mass is 10.0. The number of amides is 1. The van der Waals surface area contributed by atoms with E-state index in [9.17, 15) is 14.4 Å². The maximum atomic E-state index is 12.0. The number of Topliss-reactive ketones (excluding diaryl/α,β-unsaturated/α-hetero) is 1. The Hall–Kier alpha value is -2.17. The molecule has 0 bridgehead atoms. The van der Waals surface area contributed by atoms with Gasteiger partial charge in [-0.15, -0.1) is 0 Å². The van der Waals surface area contributed by atoms with Gasteiger partial charge in [-0.3, -0.25) is 9.59 Å². The summed E-state index contributed by atoms with van der Waals surface area (Å²) >= 11 is 0. The predicted octanol–water partition coefficient (Wildman–Crippen LogP) is 1.57. The smallest absolute Gasteiger partial charge is 0.336 e. The van der Waals surface area contributed by atoms with Gasteiger partial charge in [0.2, 0.25) is 0 Å². The van der Waals surface area contributed by atoms with E-state index >= 15 is 0 Å². The number of benzene rings is 1. The molecule has 0 radical (unpaired) electrons. The molecule has 0 saturated heterocycles. The Bertz CT molecular complexity index is 482. The first-order valence-corrected chi connectivity index (χ1v) is 6.53. The molecule has 0 heterocycles. The zero-order valence-electron chi connectivity index (χ0n) is 11.9. The minimum absolute atomic E-state index is 0.155. The number of ether oxygens (including phenoxy) is 1. The van der Waals surface area contributed by atoms with E-state index in [-0.39, 0.29) is 18.3 Å². The Morgan fingerprint density at radius 2 is 1.75 bits per heavy atom. The largest absolute Gasteiger partial charge is 0.464 e. The van der Waals surface area contributed by atoms with Crippen LogP contribution in [-0.2, 0) is 14.3 Å². The third kappa shape index (κ3) is 4.19. The van der Waals surface area contributed by atoms with Crippen molar-refractivity contribution in [1.82, 2.24) is 5.32 Å². The molecule has 0 aliphatic heterocycles. The lowest BCUT2D eigenvalue weighted by Gasteiger charge is -2.18. The molecule has 1 amide bonds. The van der Waals surface area contributed by atoms with E-state index in [0.29, 0.717) is 5.56 Å². The third-order valence-corrected chi connectivity index (χ3v) is 2.69. The van der Waals surface area contributed by atoms with Crippen molar-refractivity contribution in [2.45, 2.75) is 26.8 Å². The Labute approximate surface area is 118 Å². The molecule has 1 rings (SSSR count). The Balaban J connectivity index is 2.87. The zero-order valence-corrected chi connectivity index (χ0v) is 11.9. The van der Waals surface area contributed by atoms with Gasteiger partial charge in [0.1, 0.15) is 0 Å². The molecule has 0 fully saturated rings. The first kappa shape index (κ1) is 15.9. The van der Waals surface area contributed by atoms with Gasteiger partial charge in [-0.25, -0.2) is 4.79 Å². The van der Waals surface area contributed by atoms with E-state index < -0.39 is 17.9 Å². The standard InChI is InChI=1S/C15H19NO4/c1-4-20-15(19)12(13(17)10(2)3)16-14(18)11-8-6-5-7-9-11/h5-10,12H,4H2,1-3H3,(H,16,18). The van der Waals surface area contributed by atoms with Crippen LogP contribution in [0.25, 0.3) is 0 Å². The van der Waals surface area contributed by atoms with E-state index in [0.717, 1.165) is 0 Å². The molecule has 5 nitrogen and oxygen atoms in total. The molecule has 5 heteroatoms. The number of rotatable bonds is 6. The summed E-state index contributed by atoms with van der Waals surface area (Å²) in [6.45, 7) is 5.14. The topological polar surface area (TPSA) is 72.5 Å². The van der Waals surface area contributed by atoms with Crippen molar-refractivity contribution in [1.29, 1.82) is 0 Å². The summed E-state index contributed by atoms with van der Waals surface area (Å²) in [6.07, 6.45) is 0. The van der Waals surface area contributed by atoms with Gasteiger partial charge in [0.15, 0.2) is 11.8 Å². The Morgan fingerprint density at radius 1 is 1.15 bits per heavy atom. The van der Waals surface area contributed by atoms with E-state index in [2.05, 4.69) is 5.32 Å². The fourth-order valence-corrected chi connectivity index (χ4v) is 1.61. The molecule has 0 spiro atoms. The zero-order chi connectivity index (χ0) is 15.1. The van der Waals surface area contributed by atoms with Crippen molar-refractivity contribution in [3.05, 3.63) is 35.9 Å². The summed E-state index contributed by atoms with van der Waals surface area (Å²) < 4.78 is 4.84. The van der Waals surface area contributed by atoms with Crippen LogP contribution in [-0.4, -0.2) is 30.3 Å². The first-order valence-electron chi connectivity index (χ1n) is 6.53. The average molecular weight is 277 g/mol. The summed E-state index contributed by atoms with van der Waals surface area (Å²) in [5.74, 6) is -1.94. The summed E-state index contributed by atoms with van der Waals surface area (Å²) in [6, 6.07) is 7.15. The van der Waals surface area contributed by atoms with Crippen molar-refractivity contribution in [3.8, 4) is 0 Å². The Morgan fingerprint density at radius 3 is 2.25 bits per heavy atom. The highest BCUT2D eigenvalue weighted by Gasteiger charge is 2.31. The molecular formula is C15H19NO4. The summed E-state index contributed by atoms with van der Waals surface area (Å²) in [7, 11) is 0. The summed E-state index contributed by atoms with van der Waals surface area (Å²) in [5, 5.41) is 2.44. The predicted molar refractivity (Wildman–Crippen MR) is 74.2 cm³/mol. The van der Waals surface area contributed by atoms with E-state index in [4.69, 9.17) is 4.74 Å². The molecule has 1 aromatic carbocycles. The minimum atomic E-state index is -1.26. The molecule has 0 saturated carbocycles. The lowest BCUT2D eigenvalue weighted by molar-refractivity contribution is -0.149. The van der Waals surface area contributed by atoms with Crippen molar-refractivity contribution < 1.29 is 19.1 Å². The number of esters is 1. The van der Waals surface area contributed by atoms with Gasteiger partial charge in [-0.05, 0) is 19.1 Å². The van der Waals surface area contributed by atoms with Gasteiger partial charge in [-0.2, -0.15) is 0 Å². The quantitative estimate of drug-likeness (QED) is 0.633. The molecule has 108 valence electrons. The van der Waals surface area contributed by atoms with Gasteiger partial charge in [-0.1, -0.05) is 32.0 Å². The van der Waals surface area contributed by atoms with Crippen molar-refractivity contribution in [3.63, 3.8) is 0 Å². The van der Waals surface area contributed by atoms with Crippen LogP contribution < -0.4 is 5.32 Å². The monoisotopic (exact) mass is 277 g/mol. The van der Waals surface area contributed by atoms with Crippen LogP contribution in [0.5, 0.6) is 0 Å². The molecule has 20 heavy (non-hydrogen) atoms. The number of hydrogen-bond donors (Lipinski definition) is 1. The van der Waals surface area contributed by atoms with Crippen molar-refractivity contribution >= 4 is 17.7 Å². The highest BCUT2D eigenvalue weighted by Crippen LogP contribution is 2.05. The molecule has 0 aliphatic rings. The van der Waals surface area contributed by atoms with Crippen LogP contribution in [0.2, 0.25) is 0 Å². The molecule has 1 unspecified atom stereocenters. The second kappa shape index (κ2) is 7.43. The Kier molecular flexibility index (Phi) is 5.90. The van der Waals surface area contributed by atoms with E-state index in [1.807, 2.05) is 0 Å². The van der Waals surface area contributed by atoms with Crippen LogP contribution in [0, 0.1) is 5.92 Å². The van der Waals surface area contributed by atoms with Crippen LogP contribution >= 0.6 is 0 Å². The number of nitrogens with one attached hydrogen (secondary N) is 1. The summed E-state index contributed by atoms with van der Waals surface area (Å²) in [4.78, 5) is 35.8. The minimum Gasteiger partial charge on any atom is -0.464 e. The first-order chi connectivity index (χ1) is 9.47. The van der Waals surface area contributed by atoms with Gasteiger partial charge in [0.05, 0.1) is 6.61 Å². The molecule has 1 N–H and O–H groups in total. The fraction of sp³-hybridized carbons (Fsp3) is 0.400. The number of carbonyl (C=O) groups excluding carboxylic acids is 3. The number of ketones is 1. The molecule has 1 atom stereocenters. The van der Waals surface area contributed by atoms with Gasteiger partial charge >= 0.3 is 5.97 Å². The maximum Gasteiger partial charge on any atom is 0.336 e. The molecule has 0 aliphatic carbocycles. The van der Waals surface area contributed by atoms with Crippen LogP contribution in [0.3, 0.4) is 0 Å². The SMILES string of the molecule is CCOC(=O)C(NC(=O)c1ccccc1)C(=O)C(C)C. The number of carbonyl (C=O) groups is 3. The summed E-state index contributed by atoms with van der Waals surface area (Å²) in [5.41, 5.74) is 0.387. The normalized spacial score (nSPS) is 11.8. The van der Waals surface area contributed by atoms with Crippen molar-refractivity contribution in [2.24, 2.45) is 5.92 Å². The van der Waals surface area contributed by atoms with Crippen molar-refractivity contribution in [2.75, 3.05) is 6.61 Å². The molecule has 1 aromatic rings. The lowest BCUT2D eigenvalue weighted by Crippen LogP contribution is -2.48. The number of hydrogen-bond acceptors (Lipinski definition) is 4. The van der Waals surface area contributed by atoms with Gasteiger partial charge < -0.3 is 10.1 Å². The molecular weight excluding hydrogens is 258 g/mol. The maximum absolute atomic E-state index is 12.0. The third-order valence-electron chi connectivity index (χ3n) is 2.69. The average Bonchev–Trinajstić information content (AvgIpc) is 2.44. The highest BCUT2D eigenvalue weighted by molar-refractivity contribution is 6.08. The van der Waals surface area contributed by atoms with Crippen LogP contribution in [0.15, 0.2) is 30.3 Å². The second-order valence-electron chi connectivity index (χ2n) is 4.58.